The fraction of sp³-hybridized carbons (Fsp3) is 0.364. The maximum absolute atomic E-state index is 12.1. The van der Waals surface area contributed by atoms with Gasteiger partial charge in [0.15, 0.2) is 4.90 Å². The summed E-state index contributed by atoms with van der Waals surface area (Å²) in [6.45, 7) is 0.0710. The molecule has 0 aromatic heterocycles. The summed E-state index contributed by atoms with van der Waals surface area (Å²) in [7, 11) is -4.33. The second-order valence-electron chi connectivity index (χ2n) is 4.41. The number of nitro groups is 1. The molecule has 1 fully saturated rings. The third-order valence-corrected chi connectivity index (χ3v) is 4.42. The first kappa shape index (κ1) is 15.2. The molecule has 0 spiro atoms. The van der Waals surface area contributed by atoms with Gasteiger partial charge in [-0.1, -0.05) is 12.1 Å². The van der Waals surface area contributed by atoms with Crippen LogP contribution in [0, 0.1) is 10.1 Å². The van der Waals surface area contributed by atoms with Gasteiger partial charge in [-0.15, -0.1) is 0 Å². The van der Waals surface area contributed by atoms with Crippen LogP contribution in [0.2, 0.25) is 0 Å². The van der Waals surface area contributed by atoms with Crippen molar-refractivity contribution in [2.75, 3.05) is 13.1 Å². The van der Waals surface area contributed by atoms with Crippen LogP contribution >= 0.6 is 0 Å². The zero-order valence-corrected chi connectivity index (χ0v) is 11.5. The maximum Gasteiger partial charge on any atom is 0.407 e. The van der Waals surface area contributed by atoms with Crippen LogP contribution in [0.15, 0.2) is 29.2 Å². The van der Waals surface area contributed by atoms with Crippen molar-refractivity contribution in [1.82, 2.24) is 4.90 Å². The van der Waals surface area contributed by atoms with Crippen molar-refractivity contribution in [3.05, 3.63) is 34.4 Å². The Morgan fingerprint density at radius 2 is 2.10 bits per heavy atom. The molecule has 1 N–H and O–H groups in total. The molecule has 1 aliphatic rings. The Balaban J connectivity index is 2.20. The van der Waals surface area contributed by atoms with E-state index in [9.17, 15) is 23.3 Å². The number of para-hydroxylation sites is 1. The van der Waals surface area contributed by atoms with E-state index in [1.54, 1.807) is 0 Å². The molecule has 10 heteroatoms. The molecule has 1 heterocycles. The third-order valence-electron chi connectivity index (χ3n) is 3.01. The summed E-state index contributed by atoms with van der Waals surface area (Å²) >= 11 is 0. The van der Waals surface area contributed by atoms with Crippen LogP contribution in [-0.4, -0.2) is 48.6 Å². The summed E-state index contributed by atoms with van der Waals surface area (Å²) < 4.78 is 29.1. The second-order valence-corrected chi connectivity index (χ2v) is 5.95. The van der Waals surface area contributed by atoms with E-state index in [-0.39, 0.29) is 19.5 Å². The van der Waals surface area contributed by atoms with Gasteiger partial charge in [0.2, 0.25) is 0 Å². The number of benzene rings is 1. The number of hydrogen-bond acceptors (Lipinski definition) is 6. The van der Waals surface area contributed by atoms with Crippen molar-refractivity contribution in [3.8, 4) is 0 Å². The molecule has 0 saturated carbocycles. The normalized spacial score (nSPS) is 18.7. The molecule has 1 atom stereocenters. The first-order chi connectivity index (χ1) is 9.81. The van der Waals surface area contributed by atoms with E-state index in [0.29, 0.717) is 0 Å². The van der Waals surface area contributed by atoms with E-state index in [0.717, 1.165) is 17.0 Å². The average Bonchev–Trinajstić information content (AvgIpc) is 2.86. The molecule has 1 aliphatic heterocycles. The van der Waals surface area contributed by atoms with Crippen LogP contribution in [0.4, 0.5) is 10.5 Å². The molecule has 2 rings (SSSR count). The lowest BCUT2D eigenvalue weighted by Gasteiger charge is -2.13. The summed E-state index contributed by atoms with van der Waals surface area (Å²) in [5.41, 5.74) is -0.578. The van der Waals surface area contributed by atoms with Crippen molar-refractivity contribution in [3.63, 3.8) is 0 Å². The molecule has 21 heavy (non-hydrogen) atoms. The zero-order chi connectivity index (χ0) is 15.6. The molecule has 0 bridgehead atoms. The lowest BCUT2D eigenvalue weighted by Crippen LogP contribution is -2.29. The molecule has 0 unspecified atom stereocenters. The Morgan fingerprint density at radius 1 is 1.43 bits per heavy atom. The number of carboxylic acid groups (broad SMARTS) is 1. The van der Waals surface area contributed by atoms with Gasteiger partial charge in [-0.05, 0) is 12.5 Å². The largest absolute Gasteiger partial charge is 0.465 e. The summed E-state index contributed by atoms with van der Waals surface area (Å²) in [5, 5.41) is 19.6. The summed E-state index contributed by atoms with van der Waals surface area (Å²) in [6, 6.07) is 4.84. The van der Waals surface area contributed by atoms with Crippen molar-refractivity contribution >= 4 is 21.9 Å². The Labute approximate surface area is 120 Å². The van der Waals surface area contributed by atoms with Gasteiger partial charge in [0.25, 0.3) is 5.69 Å². The van der Waals surface area contributed by atoms with Gasteiger partial charge >= 0.3 is 16.2 Å². The lowest BCUT2D eigenvalue weighted by molar-refractivity contribution is -0.387. The van der Waals surface area contributed by atoms with E-state index < -0.39 is 37.8 Å². The fourth-order valence-corrected chi connectivity index (χ4v) is 3.29. The van der Waals surface area contributed by atoms with E-state index in [1.807, 2.05) is 0 Å². The summed E-state index contributed by atoms with van der Waals surface area (Å²) in [4.78, 5) is 21.3. The highest BCUT2D eigenvalue weighted by Gasteiger charge is 2.33. The van der Waals surface area contributed by atoms with Crippen LogP contribution in [0.1, 0.15) is 6.42 Å². The Morgan fingerprint density at radius 3 is 2.67 bits per heavy atom. The minimum absolute atomic E-state index is 0.0881. The number of hydrogen-bond donors (Lipinski definition) is 1. The minimum Gasteiger partial charge on any atom is -0.465 e. The second kappa shape index (κ2) is 5.66. The molecule has 9 nitrogen and oxygen atoms in total. The zero-order valence-electron chi connectivity index (χ0n) is 10.7. The molecular formula is C11H12N2O7S. The first-order valence-electron chi connectivity index (χ1n) is 5.96. The fourth-order valence-electron chi connectivity index (χ4n) is 2.03. The number of nitrogens with zero attached hydrogens (tertiary/aromatic N) is 2. The van der Waals surface area contributed by atoms with Gasteiger partial charge in [-0.25, -0.2) is 4.79 Å². The van der Waals surface area contributed by atoms with Crippen LogP contribution in [0.5, 0.6) is 0 Å². The summed E-state index contributed by atoms with van der Waals surface area (Å²) in [6.07, 6.45) is -1.79. The van der Waals surface area contributed by atoms with E-state index in [2.05, 4.69) is 0 Å². The van der Waals surface area contributed by atoms with E-state index >= 15 is 0 Å². The average molecular weight is 316 g/mol. The van der Waals surface area contributed by atoms with Gasteiger partial charge in [-0.3, -0.25) is 14.3 Å². The predicted molar refractivity (Wildman–Crippen MR) is 69.4 cm³/mol. The number of likely N-dealkylation sites (tertiary alicyclic amines) is 1. The highest BCUT2D eigenvalue weighted by atomic mass is 32.2. The van der Waals surface area contributed by atoms with Gasteiger partial charge < -0.3 is 10.0 Å². The summed E-state index contributed by atoms with van der Waals surface area (Å²) in [5.74, 6) is 0. The Hall–Kier alpha value is -2.20. The quantitative estimate of drug-likeness (QED) is 0.499. The van der Waals surface area contributed by atoms with Crippen LogP contribution in [0.3, 0.4) is 0 Å². The van der Waals surface area contributed by atoms with Crippen LogP contribution in [0.25, 0.3) is 0 Å². The topological polar surface area (TPSA) is 127 Å². The van der Waals surface area contributed by atoms with Gasteiger partial charge in [-0.2, -0.15) is 8.42 Å². The van der Waals surface area contributed by atoms with Gasteiger partial charge in [0, 0.05) is 12.6 Å². The molecule has 1 saturated heterocycles. The van der Waals surface area contributed by atoms with Crippen LogP contribution < -0.4 is 0 Å². The minimum atomic E-state index is -4.33. The SMILES string of the molecule is O=C(O)N1CC[C@H](OS(=O)(=O)c2ccccc2[N+](=O)[O-])C1. The molecular weight excluding hydrogens is 304 g/mol. The smallest absolute Gasteiger partial charge is 0.407 e. The number of nitro benzene ring substituents is 1. The van der Waals surface area contributed by atoms with Crippen molar-refractivity contribution < 1.29 is 27.4 Å². The molecule has 0 aliphatic carbocycles. The highest BCUT2D eigenvalue weighted by Crippen LogP contribution is 2.27. The Bertz CT molecular complexity index is 673. The van der Waals surface area contributed by atoms with Gasteiger partial charge in [0.1, 0.15) is 0 Å². The van der Waals surface area contributed by atoms with E-state index in [1.165, 1.54) is 12.1 Å². The molecule has 0 radical (unpaired) electrons. The van der Waals surface area contributed by atoms with Crippen molar-refractivity contribution in [1.29, 1.82) is 0 Å². The third kappa shape index (κ3) is 3.28. The first-order valence-corrected chi connectivity index (χ1v) is 7.36. The lowest BCUT2D eigenvalue weighted by atomic mass is 10.3. The monoisotopic (exact) mass is 316 g/mol. The Kier molecular flexibility index (Phi) is 4.09. The van der Waals surface area contributed by atoms with Crippen molar-refractivity contribution in [2.24, 2.45) is 0 Å². The van der Waals surface area contributed by atoms with E-state index in [4.69, 9.17) is 9.29 Å². The van der Waals surface area contributed by atoms with Gasteiger partial charge in [0.05, 0.1) is 17.6 Å². The molecule has 114 valence electrons. The predicted octanol–water partition coefficient (Wildman–Crippen LogP) is 1.05. The highest BCUT2D eigenvalue weighted by molar-refractivity contribution is 7.87. The maximum atomic E-state index is 12.1. The number of amides is 1. The standard InChI is InChI=1S/C11H12N2O7S/c14-11(15)12-6-5-8(7-12)20-21(18,19)10-4-2-1-3-9(10)13(16)17/h1-4,8H,5-7H2,(H,14,15)/t8-/m0/s1. The molecule has 1 amide bonds. The number of carbonyl (C=O) groups is 1. The van der Waals surface area contributed by atoms with Crippen LogP contribution in [-0.2, 0) is 14.3 Å². The molecule has 1 aromatic rings. The van der Waals surface area contributed by atoms with Crippen molar-refractivity contribution in [2.45, 2.75) is 17.4 Å². The molecule has 1 aromatic carbocycles. The number of rotatable bonds is 4.